The largest absolute Gasteiger partial charge is 0.465 e. The Morgan fingerprint density at radius 1 is 0.947 bits per heavy atom. The molecule has 0 fully saturated rings. The van der Waals surface area contributed by atoms with Crippen LogP contribution in [-0.4, -0.2) is 5.78 Å². The van der Waals surface area contributed by atoms with Gasteiger partial charge in [-0.1, -0.05) is 36.4 Å². The van der Waals surface area contributed by atoms with Crippen molar-refractivity contribution < 1.29 is 9.21 Å². The van der Waals surface area contributed by atoms with E-state index in [0.717, 1.165) is 10.8 Å². The third-order valence-electron chi connectivity index (χ3n) is 2.98. The Morgan fingerprint density at radius 3 is 2.58 bits per heavy atom. The molecule has 0 saturated carbocycles. The van der Waals surface area contributed by atoms with E-state index in [1.54, 1.807) is 18.4 Å². The fourth-order valence-electron chi connectivity index (χ4n) is 1.98. The summed E-state index contributed by atoms with van der Waals surface area (Å²) < 4.78 is 5.15. The summed E-state index contributed by atoms with van der Waals surface area (Å²) in [6.45, 7) is 0. The Morgan fingerprint density at radius 2 is 1.79 bits per heavy atom. The summed E-state index contributed by atoms with van der Waals surface area (Å²) in [5, 5.41) is 2.20. The zero-order valence-corrected chi connectivity index (χ0v) is 10.2. The van der Waals surface area contributed by atoms with Crippen LogP contribution >= 0.6 is 0 Å². The SMILES string of the molecule is O=C(/C=C\c1ccco1)c1ccc2ccccc2c1. The van der Waals surface area contributed by atoms with E-state index in [1.165, 1.54) is 6.08 Å². The van der Waals surface area contributed by atoms with Gasteiger partial charge in [0.25, 0.3) is 0 Å². The van der Waals surface area contributed by atoms with Gasteiger partial charge in [-0.2, -0.15) is 0 Å². The standard InChI is InChI=1S/C17H12O2/c18-17(10-9-16-6-3-11-19-16)15-8-7-13-4-1-2-5-14(13)12-15/h1-12H/b10-9-. The highest BCUT2D eigenvalue weighted by atomic mass is 16.3. The minimum Gasteiger partial charge on any atom is -0.465 e. The van der Waals surface area contributed by atoms with E-state index in [9.17, 15) is 4.79 Å². The van der Waals surface area contributed by atoms with Gasteiger partial charge in [0.2, 0.25) is 0 Å². The molecule has 1 aromatic heterocycles. The summed E-state index contributed by atoms with van der Waals surface area (Å²) in [6.07, 6.45) is 4.79. The van der Waals surface area contributed by atoms with Crippen molar-refractivity contribution in [1.82, 2.24) is 0 Å². The molecule has 3 rings (SSSR count). The molecule has 0 radical (unpaired) electrons. The highest BCUT2D eigenvalue weighted by Gasteiger charge is 2.03. The number of benzene rings is 2. The van der Waals surface area contributed by atoms with Crippen LogP contribution in [0.15, 0.2) is 71.4 Å². The molecule has 1 heterocycles. The lowest BCUT2D eigenvalue weighted by molar-refractivity contribution is 0.104. The first-order valence-corrected chi connectivity index (χ1v) is 6.08. The predicted molar refractivity (Wildman–Crippen MR) is 76.0 cm³/mol. The lowest BCUT2D eigenvalue weighted by Gasteiger charge is -2.00. The molecule has 2 heteroatoms. The van der Waals surface area contributed by atoms with Gasteiger partial charge in [-0.25, -0.2) is 0 Å². The minimum absolute atomic E-state index is 0.0258. The van der Waals surface area contributed by atoms with E-state index in [-0.39, 0.29) is 5.78 Å². The summed E-state index contributed by atoms with van der Waals surface area (Å²) in [4.78, 5) is 12.1. The van der Waals surface area contributed by atoms with Crippen LogP contribution in [0.2, 0.25) is 0 Å². The number of carbonyl (C=O) groups is 1. The Hall–Kier alpha value is -2.61. The maximum absolute atomic E-state index is 12.1. The number of hydrogen-bond donors (Lipinski definition) is 0. The highest BCUT2D eigenvalue weighted by Crippen LogP contribution is 2.16. The van der Waals surface area contributed by atoms with E-state index in [2.05, 4.69) is 0 Å². The molecule has 0 N–H and O–H groups in total. The number of carbonyl (C=O) groups excluding carboxylic acids is 1. The van der Waals surface area contributed by atoms with Crippen LogP contribution in [0, 0.1) is 0 Å². The van der Waals surface area contributed by atoms with Gasteiger partial charge in [0.15, 0.2) is 5.78 Å². The van der Waals surface area contributed by atoms with Crippen molar-refractivity contribution in [1.29, 1.82) is 0 Å². The third kappa shape index (κ3) is 2.47. The molecular weight excluding hydrogens is 236 g/mol. The molecule has 0 bridgehead atoms. The van der Waals surface area contributed by atoms with Gasteiger partial charge in [-0.3, -0.25) is 4.79 Å². The number of ketones is 1. The summed E-state index contributed by atoms with van der Waals surface area (Å²) in [5.74, 6) is 0.649. The van der Waals surface area contributed by atoms with Crippen molar-refractivity contribution in [2.24, 2.45) is 0 Å². The van der Waals surface area contributed by atoms with Crippen LogP contribution in [0.5, 0.6) is 0 Å². The maximum Gasteiger partial charge on any atom is 0.185 e. The van der Waals surface area contributed by atoms with Crippen molar-refractivity contribution in [3.8, 4) is 0 Å². The molecule has 19 heavy (non-hydrogen) atoms. The van der Waals surface area contributed by atoms with E-state index in [1.807, 2.05) is 48.5 Å². The van der Waals surface area contributed by atoms with Crippen molar-refractivity contribution in [3.63, 3.8) is 0 Å². The van der Waals surface area contributed by atoms with Crippen LogP contribution in [0.3, 0.4) is 0 Å². The molecule has 0 atom stereocenters. The first-order valence-electron chi connectivity index (χ1n) is 6.08. The minimum atomic E-state index is -0.0258. The normalized spacial score (nSPS) is 11.2. The maximum atomic E-state index is 12.1. The summed E-state index contributed by atoms with van der Waals surface area (Å²) in [5.41, 5.74) is 0.682. The quantitative estimate of drug-likeness (QED) is 0.510. The molecular formula is C17H12O2. The van der Waals surface area contributed by atoms with Crippen LogP contribution in [0.4, 0.5) is 0 Å². The molecule has 3 aromatic rings. The topological polar surface area (TPSA) is 30.2 Å². The van der Waals surface area contributed by atoms with Gasteiger partial charge in [-0.15, -0.1) is 0 Å². The molecule has 0 aliphatic carbocycles. The van der Waals surface area contributed by atoms with E-state index < -0.39 is 0 Å². The van der Waals surface area contributed by atoms with E-state index in [4.69, 9.17) is 4.42 Å². The van der Waals surface area contributed by atoms with Gasteiger partial charge in [-0.05, 0) is 41.1 Å². The molecule has 2 nitrogen and oxygen atoms in total. The second kappa shape index (κ2) is 4.94. The van der Waals surface area contributed by atoms with Crippen LogP contribution in [0.25, 0.3) is 16.8 Å². The fraction of sp³-hybridized carbons (Fsp3) is 0. The average molecular weight is 248 g/mol. The monoisotopic (exact) mass is 248 g/mol. The molecule has 0 aliphatic rings. The zero-order valence-electron chi connectivity index (χ0n) is 10.2. The molecule has 92 valence electrons. The Balaban J connectivity index is 1.89. The highest BCUT2D eigenvalue weighted by molar-refractivity contribution is 6.08. The third-order valence-corrected chi connectivity index (χ3v) is 2.98. The molecule has 0 unspecified atom stereocenters. The first kappa shape index (κ1) is 11.5. The summed E-state index contributed by atoms with van der Waals surface area (Å²) in [6, 6.07) is 17.3. The van der Waals surface area contributed by atoms with Gasteiger partial charge in [0.1, 0.15) is 5.76 Å². The molecule has 2 aromatic carbocycles. The number of rotatable bonds is 3. The fourth-order valence-corrected chi connectivity index (χ4v) is 1.98. The average Bonchev–Trinajstić information content (AvgIpc) is 2.97. The summed E-state index contributed by atoms with van der Waals surface area (Å²) in [7, 11) is 0. The summed E-state index contributed by atoms with van der Waals surface area (Å²) >= 11 is 0. The van der Waals surface area contributed by atoms with Crippen molar-refractivity contribution >= 4 is 22.6 Å². The van der Waals surface area contributed by atoms with Crippen LogP contribution in [0.1, 0.15) is 16.1 Å². The number of hydrogen-bond acceptors (Lipinski definition) is 2. The lowest BCUT2D eigenvalue weighted by atomic mass is 10.0. The second-order valence-electron chi connectivity index (χ2n) is 4.27. The molecule has 0 saturated heterocycles. The van der Waals surface area contributed by atoms with Crippen molar-refractivity contribution in [2.75, 3.05) is 0 Å². The molecule has 0 amide bonds. The Bertz CT molecular complexity index is 737. The first-order chi connectivity index (χ1) is 9.33. The van der Waals surface area contributed by atoms with Gasteiger partial charge >= 0.3 is 0 Å². The predicted octanol–water partition coefficient (Wildman–Crippen LogP) is 4.33. The van der Waals surface area contributed by atoms with Gasteiger partial charge in [0.05, 0.1) is 6.26 Å². The van der Waals surface area contributed by atoms with Gasteiger partial charge < -0.3 is 4.42 Å². The number of fused-ring (bicyclic) bond motifs is 1. The zero-order chi connectivity index (χ0) is 13.1. The molecule has 0 aliphatic heterocycles. The van der Waals surface area contributed by atoms with Crippen LogP contribution < -0.4 is 0 Å². The smallest absolute Gasteiger partial charge is 0.185 e. The van der Waals surface area contributed by atoms with Crippen molar-refractivity contribution in [3.05, 3.63) is 78.3 Å². The van der Waals surface area contributed by atoms with Gasteiger partial charge in [0, 0.05) is 5.56 Å². The van der Waals surface area contributed by atoms with E-state index >= 15 is 0 Å². The lowest BCUT2D eigenvalue weighted by Crippen LogP contribution is -1.93. The second-order valence-corrected chi connectivity index (χ2v) is 4.27. The number of allylic oxidation sites excluding steroid dienone is 1. The number of furan rings is 1. The van der Waals surface area contributed by atoms with Crippen LogP contribution in [-0.2, 0) is 0 Å². The van der Waals surface area contributed by atoms with E-state index in [0.29, 0.717) is 11.3 Å². The Kier molecular flexibility index (Phi) is 2.99. The molecule has 0 spiro atoms. The Labute approximate surface area is 111 Å². The van der Waals surface area contributed by atoms with Crippen molar-refractivity contribution in [2.45, 2.75) is 0 Å².